The van der Waals surface area contributed by atoms with E-state index in [9.17, 15) is 9.59 Å². The van der Waals surface area contributed by atoms with Gasteiger partial charge in [-0.2, -0.15) is 5.10 Å². The van der Waals surface area contributed by atoms with Gasteiger partial charge in [0.05, 0.1) is 23.6 Å². The molecule has 0 saturated carbocycles. The molecule has 1 amide bonds. The van der Waals surface area contributed by atoms with Crippen molar-refractivity contribution >= 4 is 35.0 Å². The number of amides is 1. The summed E-state index contributed by atoms with van der Waals surface area (Å²) in [5.74, 6) is 0.470. The highest BCUT2D eigenvalue weighted by Gasteiger charge is 2.32. The van der Waals surface area contributed by atoms with Crippen molar-refractivity contribution in [3.8, 4) is 11.5 Å². The lowest BCUT2D eigenvalue weighted by molar-refractivity contribution is -0.119. The van der Waals surface area contributed by atoms with Crippen LogP contribution in [-0.4, -0.2) is 35.1 Å². The number of carbonyl (C=O) groups excluding carboxylic acids is 2. The smallest absolute Gasteiger partial charge is 0.343 e. The van der Waals surface area contributed by atoms with Gasteiger partial charge in [-0.15, -0.1) is 5.10 Å². The summed E-state index contributed by atoms with van der Waals surface area (Å²) in [6, 6.07) is 12.3. The van der Waals surface area contributed by atoms with Gasteiger partial charge in [0.1, 0.15) is 0 Å². The second-order valence-electron chi connectivity index (χ2n) is 7.32. The normalized spacial score (nSPS) is 17.4. The number of hydrogen-bond donors (Lipinski definition) is 1. The molecule has 7 nitrogen and oxygen atoms in total. The molecule has 0 unspecified atom stereocenters. The minimum atomic E-state index is -0.456. The van der Waals surface area contributed by atoms with E-state index in [0.717, 1.165) is 11.1 Å². The first-order valence-electron chi connectivity index (χ1n) is 10.0. The zero-order valence-corrected chi connectivity index (χ0v) is 18.7. The van der Waals surface area contributed by atoms with Gasteiger partial charge < -0.3 is 14.8 Å². The van der Waals surface area contributed by atoms with Crippen molar-refractivity contribution in [1.29, 1.82) is 0 Å². The lowest BCUT2D eigenvalue weighted by atomic mass is 10.1. The highest BCUT2D eigenvalue weighted by molar-refractivity contribution is 8.15. The van der Waals surface area contributed by atoms with Crippen molar-refractivity contribution in [2.24, 2.45) is 16.1 Å². The van der Waals surface area contributed by atoms with Crippen LogP contribution in [0.15, 0.2) is 52.7 Å². The summed E-state index contributed by atoms with van der Waals surface area (Å²) in [5.41, 5.74) is 2.25. The Balaban J connectivity index is 1.72. The molecule has 1 atom stereocenters. The Hall–Kier alpha value is -3.13. The average Bonchev–Trinajstić information content (AvgIpc) is 3.11. The molecule has 1 aliphatic heterocycles. The Morgan fingerprint density at radius 1 is 1.19 bits per heavy atom. The fourth-order valence-electron chi connectivity index (χ4n) is 2.82. The molecule has 3 rings (SSSR count). The van der Waals surface area contributed by atoms with E-state index in [2.05, 4.69) is 15.5 Å². The maximum Gasteiger partial charge on any atom is 0.343 e. The van der Waals surface area contributed by atoms with Gasteiger partial charge in [0.15, 0.2) is 16.7 Å². The fraction of sp³-hybridized carbons (Fsp3) is 0.304. The van der Waals surface area contributed by atoms with Crippen molar-refractivity contribution in [2.75, 3.05) is 6.61 Å². The second kappa shape index (κ2) is 10.3. The molecule has 162 valence electrons. The molecular weight excluding hydrogens is 414 g/mol. The molecule has 1 fully saturated rings. The maximum absolute atomic E-state index is 12.4. The standard InChI is InChI=1S/C23H25N3O4S/c1-5-29-19-12-16(13-24-26-23-25-21(27)20(31-23)14(2)3)8-11-18(19)30-22(28)17-9-6-15(4)7-10-17/h6-14,20H,5H2,1-4H3,(H,25,26,27)/b24-13-/t20-/m0/s1. The molecule has 1 heterocycles. The average molecular weight is 440 g/mol. The zero-order chi connectivity index (χ0) is 22.4. The van der Waals surface area contributed by atoms with Crippen LogP contribution in [0.5, 0.6) is 11.5 Å². The van der Waals surface area contributed by atoms with Crippen LogP contribution in [0.4, 0.5) is 0 Å². The first kappa shape index (κ1) is 22.6. The number of rotatable bonds is 7. The fourth-order valence-corrected chi connectivity index (χ4v) is 3.75. The van der Waals surface area contributed by atoms with E-state index in [-0.39, 0.29) is 17.1 Å². The van der Waals surface area contributed by atoms with E-state index in [1.54, 1.807) is 36.5 Å². The number of carbonyl (C=O) groups is 2. The Kier molecular flexibility index (Phi) is 7.46. The van der Waals surface area contributed by atoms with Gasteiger partial charge in [-0.05, 0) is 55.7 Å². The molecule has 2 aromatic carbocycles. The van der Waals surface area contributed by atoms with Crippen LogP contribution in [0, 0.1) is 12.8 Å². The van der Waals surface area contributed by atoms with E-state index in [4.69, 9.17) is 9.47 Å². The lowest BCUT2D eigenvalue weighted by Gasteiger charge is -2.11. The van der Waals surface area contributed by atoms with E-state index in [0.29, 0.717) is 28.8 Å². The van der Waals surface area contributed by atoms with Gasteiger partial charge in [-0.1, -0.05) is 43.3 Å². The van der Waals surface area contributed by atoms with Crippen LogP contribution in [0.25, 0.3) is 0 Å². The third-order valence-electron chi connectivity index (χ3n) is 4.45. The molecule has 1 saturated heterocycles. The first-order chi connectivity index (χ1) is 14.9. The summed E-state index contributed by atoms with van der Waals surface area (Å²) in [7, 11) is 0. The van der Waals surface area contributed by atoms with E-state index < -0.39 is 5.97 Å². The van der Waals surface area contributed by atoms with Crippen molar-refractivity contribution in [3.63, 3.8) is 0 Å². The Morgan fingerprint density at radius 3 is 2.58 bits per heavy atom. The van der Waals surface area contributed by atoms with Crippen molar-refractivity contribution < 1.29 is 19.1 Å². The van der Waals surface area contributed by atoms with Crippen LogP contribution in [0.2, 0.25) is 0 Å². The summed E-state index contributed by atoms with van der Waals surface area (Å²) in [6.07, 6.45) is 1.55. The number of aryl methyl sites for hydroxylation is 1. The number of amidine groups is 1. The van der Waals surface area contributed by atoms with Crippen LogP contribution >= 0.6 is 11.8 Å². The lowest BCUT2D eigenvalue weighted by Crippen LogP contribution is -2.27. The van der Waals surface area contributed by atoms with E-state index in [1.807, 2.05) is 39.8 Å². The Labute approximate surface area is 185 Å². The minimum absolute atomic E-state index is 0.0488. The second-order valence-corrected chi connectivity index (χ2v) is 8.45. The van der Waals surface area contributed by atoms with Crippen molar-refractivity contribution in [1.82, 2.24) is 5.32 Å². The SMILES string of the molecule is CCOc1cc(/C=N\N=C2NC(=O)[C@H](C(C)C)S2)ccc1OC(=O)c1ccc(C)cc1. The van der Waals surface area contributed by atoms with Gasteiger partial charge in [-0.25, -0.2) is 4.79 Å². The summed E-state index contributed by atoms with van der Waals surface area (Å²) >= 11 is 1.37. The molecule has 0 radical (unpaired) electrons. The van der Waals surface area contributed by atoms with E-state index >= 15 is 0 Å². The summed E-state index contributed by atoms with van der Waals surface area (Å²) in [4.78, 5) is 24.3. The molecule has 2 aromatic rings. The number of esters is 1. The molecule has 8 heteroatoms. The summed E-state index contributed by atoms with van der Waals surface area (Å²) in [6.45, 7) is 8.20. The quantitative estimate of drug-likeness (QED) is 0.302. The van der Waals surface area contributed by atoms with Crippen LogP contribution < -0.4 is 14.8 Å². The van der Waals surface area contributed by atoms with Gasteiger partial charge in [0.25, 0.3) is 0 Å². The first-order valence-corrected chi connectivity index (χ1v) is 10.9. The van der Waals surface area contributed by atoms with Gasteiger partial charge >= 0.3 is 5.97 Å². The van der Waals surface area contributed by atoms with Crippen LogP contribution in [-0.2, 0) is 4.79 Å². The van der Waals surface area contributed by atoms with Gasteiger partial charge in [0.2, 0.25) is 5.91 Å². The predicted molar refractivity (Wildman–Crippen MR) is 123 cm³/mol. The van der Waals surface area contributed by atoms with Gasteiger partial charge in [0, 0.05) is 0 Å². The zero-order valence-electron chi connectivity index (χ0n) is 17.9. The topological polar surface area (TPSA) is 89.3 Å². The molecule has 0 aromatic heterocycles. The number of nitrogens with zero attached hydrogens (tertiary/aromatic N) is 2. The number of benzene rings is 2. The predicted octanol–water partition coefficient (Wildman–Crippen LogP) is 4.19. The Bertz CT molecular complexity index is 1020. The van der Waals surface area contributed by atoms with Crippen molar-refractivity contribution in [2.45, 2.75) is 32.9 Å². The monoisotopic (exact) mass is 439 g/mol. The highest BCUT2D eigenvalue weighted by Crippen LogP contribution is 2.29. The molecule has 1 aliphatic rings. The third kappa shape index (κ3) is 5.95. The molecule has 0 bridgehead atoms. The molecular formula is C23H25N3O4S. The third-order valence-corrected chi connectivity index (χ3v) is 5.86. The number of hydrogen-bond acceptors (Lipinski definition) is 7. The highest BCUT2D eigenvalue weighted by atomic mass is 32.2. The molecule has 1 N–H and O–H groups in total. The Morgan fingerprint density at radius 2 is 1.94 bits per heavy atom. The molecule has 0 spiro atoms. The minimum Gasteiger partial charge on any atom is -0.490 e. The van der Waals surface area contributed by atoms with Crippen LogP contribution in [0.3, 0.4) is 0 Å². The van der Waals surface area contributed by atoms with Crippen molar-refractivity contribution in [3.05, 3.63) is 59.2 Å². The maximum atomic E-state index is 12.4. The largest absolute Gasteiger partial charge is 0.490 e. The molecule has 31 heavy (non-hydrogen) atoms. The summed E-state index contributed by atoms with van der Waals surface area (Å²) < 4.78 is 11.2. The number of nitrogens with one attached hydrogen (secondary N) is 1. The van der Waals surface area contributed by atoms with E-state index in [1.165, 1.54) is 11.8 Å². The number of thioether (sulfide) groups is 1. The molecule has 0 aliphatic carbocycles. The van der Waals surface area contributed by atoms with Crippen LogP contribution in [0.1, 0.15) is 42.3 Å². The van der Waals surface area contributed by atoms with Gasteiger partial charge in [-0.3, -0.25) is 4.79 Å². The number of ether oxygens (including phenoxy) is 2. The summed E-state index contributed by atoms with van der Waals surface area (Å²) in [5, 5.41) is 11.2.